The number of aryl methyl sites for hydroxylation is 1. The number of nitrogens with zero attached hydrogens (tertiary/aromatic N) is 5. The van der Waals surface area contributed by atoms with Crippen molar-refractivity contribution in [2.75, 3.05) is 38.5 Å². The van der Waals surface area contributed by atoms with Gasteiger partial charge in [-0.2, -0.15) is 0 Å². The smallest absolute Gasteiger partial charge is 0.290 e. The van der Waals surface area contributed by atoms with Gasteiger partial charge >= 0.3 is 0 Å². The first kappa shape index (κ1) is 27.5. The molecule has 0 saturated carbocycles. The topological polar surface area (TPSA) is 132 Å². The van der Waals surface area contributed by atoms with Crippen LogP contribution in [-0.4, -0.2) is 87.2 Å². The summed E-state index contributed by atoms with van der Waals surface area (Å²) in [4.78, 5) is 35.8. The van der Waals surface area contributed by atoms with Crippen LogP contribution < -0.4 is 5.32 Å². The number of fused-ring (bicyclic) bond motifs is 2. The molecule has 0 radical (unpaired) electrons. The minimum atomic E-state index is -0.250. The van der Waals surface area contributed by atoms with Crippen LogP contribution in [0.1, 0.15) is 54.7 Å². The zero-order chi connectivity index (χ0) is 26.0. The molecule has 0 amide bonds. The summed E-state index contributed by atoms with van der Waals surface area (Å²) < 4.78 is 0. The van der Waals surface area contributed by atoms with E-state index in [0.29, 0.717) is 6.04 Å². The molecule has 1 spiro atoms. The molecular formula is C26H38N6O4. The highest BCUT2D eigenvalue weighted by Crippen LogP contribution is 2.47. The second-order valence-corrected chi connectivity index (χ2v) is 9.82. The summed E-state index contributed by atoms with van der Waals surface area (Å²) in [6.07, 6.45) is 11.0. The first-order valence-electron chi connectivity index (χ1n) is 12.5. The number of piperidine rings is 2. The van der Waals surface area contributed by atoms with Crippen LogP contribution in [0.25, 0.3) is 0 Å². The van der Waals surface area contributed by atoms with E-state index in [2.05, 4.69) is 46.2 Å². The standard InChI is InChI=1S/C24H34N6.2CH2O2/c1-18-26-22-21(23(27-18)28-20-4-3-13-29(2)17-20)5-8-24(22)9-14-30(15-10-24)16-19-6-11-25-12-7-19;2*2-1-3/h6-7,11-12,20H,3-5,8-10,13-17H2,1-2H3,(H,26,27,28);2*1H,(H,2,3). The largest absolute Gasteiger partial charge is 0.483 e. The van der Waals surface area contributed by atoms with E-state index in [-0.39, 0.29) is 18.4 Å². The number of aromatic nitrogens is 3. The highest BCUT2D eigenvalue weighted by molar-refractivity contribution is 5.53. The van der Waals surface area contributed by atoms with E-state index in [1.54, 1.807) is 0 Å². The number of likely N-dealkylation sites (tertiary alicyclic amines) is 2. The molecule has 36 heavy (non-hydrogen) atoms. The van der Waals surface area contributed by atoms with Crippen LogP contribution in [-0.2, 0) is 28.0 Å². The summed E-state index contributed by atoms with van der Waals surface area (Å²) in [5, 5.41) is 17.6. The van der Waals surface area contributed by atoms with Gasteiger partial charge in [0.1, 0.15) is 11.6 Å². The first-order chi connectivity index (χ1) is 17.4. The summed E-state index contributed by atoms with van der Waals surface area (Å²) in [6.45, 7) is 7.17. The molecule has 2 aromatic heterocycles. The van der Waals surface area contributed by atoms with Gasteiger partial charge in [-0.05, 0) is 89.8 Å². The number of carbonyl (C=O) groups is 2. The van der Waals surface area contributed by atoms with E-state index < -0.39 is 0 Å². The van der Waals surface area contributed by atoms with Crippen molar-refractivity contribution in [3.05, 3.63) is 47.2 Å². The van der Waals surface area contributed by atoms with E-state index >= 15 is 0 Å². The van der Waals surface area contributed by atoms with Gasteiger partial charge in [-0.3, -0.25) is 19.5 Å². The third-order valence-corrected chi connectivity index (χ3v) is 7.41. The molecule has 2 aliphatic heterocycles. The van der Waals surface area contributed by atoms with Gasteiger partial charge in [0, 0.05) is 42.5 Å². The Bertz CT molecular complexity index is 976. The van der Waals surface area contributed by atoms with Gasteiger partial charge < -0.3 is 20.4 Å². The maximum absolute atomic E-state index is 8.36. The van der Waals surface area contributed by atoms with Crippen molar-refractivity contribution in [1.29, 1.82) is 0 Å². The lowest BCUT2D eigenvalue weighted by Crippen LogP contribution is -2.42. The molecule has 4 heterocycles. The Kier molecular flexibility index (Phi) is 10.1. The van der Waals surface area contributed by atoms with Gasteiger partial charge in [-0.25, -0.2) is 9.97 Å². The predicted molar refractivity (Wildman–Crippen MR) is 137 cm³/mol. The molecule has 2 saturated heterocycles. The molecule has 1 atom stereocenters. The Hall–Kier alpha value is -3.11. The van der Waals surface area contributed by atoms with Crippen molar-refractivity contribution >= 4 is 18.8 Å². The van der Waals surface area contributed by atoms with Crippen LogP contribution in [0.2, 0.25) is 0 Å². The summed E-state index contributed by atoms with van der Waals surface area (Å²) in [6, 6.07) is 4.76. The van der Waals surface area contributed by atoms with Crippen molar-refractivity contribution in [1.82, 2.24) is 24.8 Å². The van der Waals surface area contributed by atoms with Crippen LogP contribution >= 0.6 is 0 Å². The first-order valence-corrected chi connectivity index (χ1v) is 12.5. The minimum Gasteiger partial charge on any atom is -0.483 e. The quantitative estimate of drug-likeness (QED) is 0.540. The third-order valence-electron chi connectivity index (χ3n) is 7.41. The molecule has 0 bridgehead atoms. The molecule has 196 valence electrons. The Balaban J connectivity index is 0.000000550. The second kappa shape index (κ2) is 13.3. The fraction of sp³-hybridized carbons (Fsp3) is 0.577. The molecule has 10 heteroatoms. The normalized spacial score (nSPS) is 20.8. The number of anilines is 1. The fourth-order valence-electron chi connectivity index (χ4n) is 5.72. The van der Waals surface area contributed by atoms with E-state index in [0.717, 1.165) is 44.2 Å². The molecule has 10 nitrogen and oxygen atoms in total. The van der Waals surface area contributed by atoms with Crippen molar-refractivity contribution in [3.8, 4) is 0 Å². The van der Waals surface area contributed by atoms with Crippen molar-refractivity contribution < 1.29 is 19.8 Å². The Morgan fingerprint density at radius 2 is 1.75 bits per heavy atom. The van der Waals surface area contributed by atoms with Crippen molar-refractivity contribution in [3.63, 3.8) is 0 Å². The third kappa shape index (κ3) is 6.98. The monoisotopic (exact) mass is 498 g/mol. The van der Waals surface area contributed by atoms with Gasteiger partial charge in [0.15, 0.2) is 0 Å². The number of carboxylic acid groups (broad SMARTS) is 2. The highest BCUT2D eigenvalue weighted by Gasteiger charge is 2.44. The zero-order valence-electron chi connectivity index (χ0n) is 21.3. The molecule has 3 N–H and O–H groups in total. The maximum atomic E-state index is 8.36. The number of rotatable bonds is 4. The second-order valence-electron chi connectivity index (χ2n) is 9.82. The van der Waals surface area contributed by atoms with E-state index in [4.69, 9.17) is 29.8 Å². The average Bonchev–Trinajstić information content (AvgIpc) is 3.20. The van der Waals surface area contributed by atoms with Crippen molar-refractivity contribution in [2.45, 2.75) is 63.5 Å². The lowest BCUT2D eigenvalue weighted by atomic mass is 9.76. The van der Waals surface area contributed by atoms with Gasteiger partial charge in [0.2, 0.25) is 0 Å². The SMILES string of the molecule is Cc1nc(NC2CCCN(C)C2)c2c(n1)C1(CC2)CCN(Cc2ccncc2)CC1.O=CO.O=CO. The predicted octanol–water partition coefficient (Wildman–Crippen LogP) is 2.57. The van der Waals surface area contributed by atoms with Gasteiger partial charge in [0.25, 0.3) is 12.9 Å². The number of nitrogens with one attached hydrogen (secondary N) is 1. The van der Waals surface area contributed by atoms with Crippen LogP contribution in [0.3, 0.4) is 0 Å². The van der Waals surface area contributed by atoms with Crippen LogP contribution in [0.4, 0.5) is 5.82 Å². The highest BCUT2D eigenvalue weighted by atomic mass is 16.3. The van der Waals surface area contributed by atoms with Crippen LogP contribution in [0.5, 0.6) is 0 Å². The molecule has 1 aliphatic carbocycles. The minimum absolute atomic E-state index is 0.248. The van der Waals surface area contributed by atoms with Gasteiger partial charge in [-0.15, -0.1) is 0 Å². The summed E-state index contributed by atoms with van der Waals surface area (Å²) >= 11 is 0. The van der Waals surface area contributed by atoms with E-state index in [9.17, 15) is 0 Å². The van der Waals surface area contributed by atoms with Crippen LogP contribution in [0.15, 0.2) is 24.5 Å². The maximum Gasteiger partial charge on any atom is 0.290 e. The number of hydrogen-bond donors (Lipinski definition) is 3. The van der Waals surface area contributed by atoms with Crippen molar-refractivity contribution in [2.24, 2.45) is 0 Å². The van der Waals surface area contributed by atoms with E-state index in [1.165, 1.54) is 55.5 Å². The van der Waals surface area contributed by atoms with Crippen LogP contribution in [0, 0.1) is 6.92 Å². The Labute approximate surface area is 212 Å². The summed E-state index contributed by atoms with van der Waals surface area (Å²) in [5.74, 6) is 2.04. The molecule has 5 rings (SSSR count). The molecule has 2 aromatic rings. The lowest BCUT2D eigenvalue weighted by Gasteiger charge is -2.39. The molecular weight excluding hydrogens is 460 g/mol. The average molecular weight is 499 g/mol. The van der Waals surface area contributed by atoms with Gasteiger partial charge in [-0.1, -0.05) is 0 Å². The number of pyridine rings is 1. The zero-order valence-corrected chi connectivity index (χ0v) is 21.3. The molecule has 2 fully saturated rings. The summed E-state index contributed by atoms with van der Waals surface area (Å²) in [5.41, 5.74) is 4.36. The molecule has 3 aliphatic rings. The fourth-order valence-corrected chi connectivity index (χ4v) is 5.72. The lowest BCUT2D eigenvalue weighted by molar-refractivity contribution is -0.123. The van der Waals surface area contributed by atoms with Gasteiger partial charge in [0.05, 0.1) is 5.69 Å². The Morgan fingerprint density at radius 3 is 2.39 bits per heavy atom. The van der Waals surface area contributed by atoms with E-state index in [1.807, 2.05) is 12.4 Å². The molecule has 1 unspecified atom stereocenters. The number of likely N-dealkylation sites (N-methyl/N-ethyl adjacent to an activating group) is 1. The number of hydrogen-bond acceptors (Lipinski definition) is 8. The summed E-state index contributed by atoms with van der Waals surface area (Å²) in [7, 11) is 2.22. The molecule has 0 aromatic carbocycles. The Morgan fingerprint density at radius 1 is 1.08 bits per heavy atom.